The van der Waals surface area contributed by atoms with Crippen LogP contribution < -0.4 is 5.32 Å². The third-order valence-electron chi connectivity index (χ3n) is 2.95. The summed E-state index contributed by atoms with van der Waals surface area (Å²) in [6, 6.07) is 6.96. The maximum atomic E-state index is 12.1. The molecule has 0 spiro atoms. The van der Waals surface area contributed by atoms with Crippen molar-refractivity contribution in [1.82, 2.24) is 10.2 Å². The van der Waals surface area contributed by atoms with Gasteiger partial charge in [0.05, 0.1) is 18.2 Å². The van der Waals surface area contributed by atoms with Crippen LogP contribution in [0.5, 0.6) is 0 Å². The molecule has 0 bridgehead atoms. The molecule has 0 saturated heterocycles. The van der Waals surface area contributed by atoms with E-state index < -0.39 is 0 Å². The Morgan fingerprint density at radius 3 is 2.70 bits per heavy atom. The van der Waals surface area contributed by atoms with Crippen LogP contribution in [0.1, 0.15) is 18.5 Å². The summed E-state index contributed by atoms with van der Waals surface area (Å²) in [5.41, 5.74) is 1.43. The van der Waals surface area contributed by atoms with E-state index >= 15 is 0 Å². The minimum absolute atomic E-state index is 0.324. The smallest absolute Gasteiger partial charge is 0.337 e. The fourth-order valence-corrected chi connectivity index (χ4v) is 2.24. The molecular weight excluding hydrogens is 296 g/mol. The van der Waals surface area contributed by atoms with Gasteiger partial charge in [-0.05, 0) is 36.8 Å². The van der Waals surface area contributed by atoms with E-state index in [9.17, 15) is 4.79 Å². The second-order valence-corrected chi connectivity index (χ2v) is 5.17. The number of nitrogens with one attached hydrogen (secondary N) is 1. The number of carbonyl (C=O) groups excluding carboxylic acids is 1. The van der Waals surface area contributed by atoms with Crippen LogP contribution in [0.25, 0.3) is 0 Å². The van der Waals surface area contributed by atoms with Crippen LogP contribution >= 0.6 is 23.8 Å². The highest BCUT2D eigenvalue weighted by Crippen LogP contribution is 2.27. The van der Waals surface area contributed by atoms with Crippen LogP contribution in [0.15, 0.2) is 36.0 Å². The zero-order valence-corrected chi connectivity index (χ0v) is 12.8. The van der Waals surface area contributed by atoms with E-state index in [0.29, 0.717) is 22.3 Å². The zero-order valence-electron chi connectivity index (χ0n) is 11.2. The number of thiocarbonyl (C=S) groups is 1. The molecule has 1 unspecified atom stereocenters. The lowest BCUT2D eigenvalue weighted by molar-refractivity contribution is -0.139. The first kappa shape index (κ1) is 14.8. The summed E-state index contributed by atoms with van der Waals surface area (Å²) in [6.07, 6.45) is 1.70. The Hall–Kier alpha value is -1.59. The second-order valence-electron chi connectivity index (χ2n) is 4.35. The molecule has 1 aliphatic rings. The fraction of sp³-hybridized carbons (Fsp3) is 0.286. The standard InChI is InChI=1S/C14H15ClN2O2S/c1-3-19-13(18)11-8-17(2)14(20)16-12(11)9-4-6-10(15)7-5-9/h4-8,12H,3H2,1-2H3,(H,16,20). The molecule has 1 aliphatic heterocycles. The van der Waals surface area contributed by atoms with E-state index in [1.54, 1.807) is 37.2 Å². The summed E-state index contributed by atoms with van der Waals surface area (Å²) >= 11 is 11.1. The van der Waals surface area contributed by atoms with Crippen LogP contribution in [0.3, 0.4) is 0 Å². The van der Waals surface area contributed by atoms with E-state index in [4.69, 9.17) is 28.6 Å². The third kappa shape index (κ3) is 3.11. The summed E-state index contributed by atoms with van der Waals surface area (Å²) in [4.78, 5) is 13.8. The van der Waals surface area contributed by atoms with E-state index in [2.05, 4.69) is 5.32 Å². The van der Waals surface area contributed by atoms with Gasteiger partial charge in [-0.25, -0.2) is 4.79 Å². The number of rotatable bonds is 3. The van der Waals surface area contributed by atoms with Crippen LogP contribution in [-0.4, -0.2) is 29.6 Å². The minimum Gasteiger partial charge on any atom is -0.463 e. The summed E-state index contributed by atoms with van der Waals surface area (Å²) in [7, 11) is 1.78. The van der Waals surface area contributed by atoms with Crippen molar-refractivity contribution in [3.05, 3.63) is 46.6 Å². The van der Waals surface area contributed by atoms with Crippen molar-refractivity contribution in [1.29, 1.82) is 0 Å². The normalized spacial score (nSPS) is 18.4. The fourth-order valence-electron chi connectivity index (χ4n) is 1.95. The van der Waals surface area contributed by atoms with Crippen LogP contribution in [-0.2, 0) is 9.53 Å². The summed E-state index contributed by atoms with van der Waals surface area (Å²) in [5.74, 6) is -0.352. The molecule has 0 amide bonds. The maximum Gasteiger partial charge on any atom is 0.337 e. The Labute approximate surface area is 128 Å². The van der Waals surface area contributed by atoms with Crippen molar-refractivity contribution in [2.24, 2.45) is 0 Å². The van der Waals surface area contributed by atoms with E-state index in [1.165, 1.54) is 0 Å². The molecule has 1 aromatic rings. The number of hydrogen-bond acceptors (Lipinski definition) is 3. The molecule has 1 aromatic carbocycles. The molecule has 1 heterocycles. The van der Waals surface area contributed by atoms with Crippen molar-refractivity contribution in [2.75, 3.05) is 13.7 Å². The van der Waals surface area contributed by atoms with E-state index in [-0.39, 0.29) is 12.0 Å². The molecule has 0 aromatic heterocycles. The van der Waals surface area contributed by atoms with Gasteiger partial charge >= 0.3 is 5.97 Å². The van der Waals surface area contributed by atoms with Gasteiger partial charge in [-0.2, -0.15) is 0 Å². The molecule has 0 radical (unpaired) electrons. The van der Waals surface area contributed by atoms with E-state index in [1.807, 2.05) is 12.1 Å². The van der Waals surface area contributed by atoms with Crippen molar-refractivity contribution in [3.8, 4) is 0 Å². The number of halogens is 1. The topological polar surface area (TPSA) is 41.6 Å². The monoisotopic (exact) mass is 310 g/mol. The maximum absolute atomic E-state index is 12.1. The van der Waals surface area contributed by atoms with Gasteiger partial charge in [0.25, 0.3) is 0 Å². The molecular formula is C14H15ClN2O2S. The molecule has 106 valence electrons. The number of benzene rings is 1. The van der Waals surface area contributed by atoms with Crippen molar-refractivity contribution >= 4 is 34.9 Å². The number of ether oxygens (including phenoxy) is 1. The number of carbonyl (C=O) groups is 1. The molecule has 1 N–H and O–H groups in total. The molecule has 0 fully saturated rings. The SMILES string of the molecule is CCOC(=O)C1=CN(C)C(=S)NC1c1ccc(Cl)cc1. The summed E-state index contributed by atoms with van der Waals surface area (Å²) in [6.45, 7) is 2.11. The zero-order chi connectivity index (χ0) is 14.7. The molecule has 20 heavy (non-hydrogen) atoms. The van der Waals surface area contributed by atoms with Crippen LogP contribution in [0.2, 0.25) is 5.02 Å². The van der Waals surface area contributed by atoms with Crippen molar-refractivity contribution in [2.45, 2.75) is 13.0 Å². The Morgan fingerprint density at radius 1 is 1.45 bits per heavy atom. The first-order valence-electron chi connectivity index (χ1n) is 6.20. The highest BCUT2D eigenvalue weighted by atomic mass is 35.5. The third-order valence-corrected chi connectivity index (χ3v) is 3.60. The number of hydrogen-bond donors (Lipinski definition) is 1. The lowest BCUT2D eigenvalue weighted by atomic mass is 9.98. The Morgan fingerprint density at radius 2 is 2.10 bits per heavy atom. The first-order valence-corrected chi connectivity index (χ1v) is 6.99. The molecule has 0 saturated carbocycles. The van der Waals surface area contributed by atoms with Crippen molar-refractivity contribution < 1.29 is 9.53 Å². The molecule has 2 rings (SSSR count). The lowest BCUT2D eigenvalue weighted by Crippen LogP contribution is -2.43. The molecule has 0 aliphatic carbocycles. The van der Waals surface area contributed by atoms with Gasteiger partial charge in [0.1, 0.15) is 0 Å². The van der Waals surface area contributed by atoms with Crippen LogP contribution in [0, 0.1) is 0 Å². The van der Waals surface area contributed by atoms with Gasteiger partial charge in [-0.3, -0.25) is 0 Å². The van der Waals surface area contributed by atoms with Crippen LogP contribution in [0.4, 0.5) is 0 Å². The minimum atomic E-state index is -0.352. The Balaban J connectivity index is 2.37. The highest BCUT2D eigenvalue weighted by molar-refractivity contribution is 7.80. The van der Waals surface area contributed by atoms with Gasteiger partial charge in [0.15, 0.2) is 5.11 Å². The van der Waals surface area contributed by atoms with E-state index in [0.717, 1.165) is 5.56 Å². The summed E-state index contributed by atoms with van der Waals surface area (Å²) < 4.78 is 5.10. The second kappa shape index (κ2) is 6.24. The Bertz CT molecular complexity index is 557. The van der Waals surface area contributed by atoms with Gasteiger partial charge in [-0.15, -0.1) is 0 Å². The van der Waals surface area contributed by atoms with Gasteiger partial charge in [0, 0.05) is 18.3 Å². The molecule has 4 nitrogen and oxygen atoms in total. The van der Waals surface area contributed by atoms with Crippen molar-refractivity contribution in [3.63, 3.8) is 0 Å². The molecule has 6 heteroatoms. The average Bonchev–Trinajstić information content (AvgIpc) is 2.42. The predicted octanol–water partition coefficient (Wildman–Crippen LogP) is 2.65. The summed E-state index contributed by atoms with van der Waals surface area (Å²) in [5, 5.41) is 4.33. The molecule has 1 atom stereocenters. The number of esters is 1. The largest absolute Gasteiger partial charge is 0.463 e. The number of nitrogens with zero attached hydrogens (tertiary/aromatic N) is 1. The average molecular weight is 311 g/mol. The van der Waals surface area contributed by atoms with Gasteiger partial charge in [-0.1, -0.05) is 23.7 Å². The van der Waals surface area contributed by atoms with Gasteiger partial charge < -0.3 is 15.0 Å². The first-order chi connectivity index (χ1) is 9.52. The lowest BCUT2D eigenvalue weighted by Gasteiger charge is -2.31. The Kier molecular flexibility index (Phi) is 4.62. The highest BCUT2D eigenvalue weighted by Gasteiger charge is 2.29. The van der Waals surface area contributed by atoms with Gasteiger partial charge in [0.2, 0.25) is 0 Å². The predicted molar refractivity (Wildman–Crippen MR) is 82.4 cm³/mol. The quantitative estimate of drug-likeness (QED) is 0.686.